The first-order valence-corrected chi connectivity index (χ1v) is 19.1. The van der Waals surface area contributed by atoms with Gasteiger partial charge in [0.05, 0.1) is 3.91 Å². The average molecular weight is 1270 g/mol. The van der Waals surface area contributed by atoms with Gasteiger partial charge in [0.15, 0.2) is 0 Å². The number of sulfone groups is 3. The maximum atomic E-state index is 14.9. The summed E-state index contributed by atoms with van der Waals surface area (Å²) in [6, 6.07) is 0. The Bertz CT molecular complexity index is 2320. The molecule has 0 saturated heterocycles. The van der Waals surface area contributed by atoms with Gasteiger partial charge in [0.25, 0.3) is 0 Å². The fraction of sp³-hybridized carbons (Fsp3) is 0.952. The number of hydrogen-bond donors (Lipinski definition) is 0. The predicted molar refractivity (Wildman–Crippen MR) is 132 cm³/mol. The molecule has 0 aliphatic carbocycles. The fourth-order valence-corrected chi connectivity index (χ4v) is 11.3. The minimum atomic E-state index is -12.2. The Labute approximate surface area is 383 Å². The van der Waals surface area contributed by atoms with Crippen molar-refractivity contribution in [3.63, 3.8) is 0 Å². The van der Waals surface area contributed by atoms with Crippen LogP contribution in [0.3, 0.4) is 0 Å². The summed E-state index contributed by atoms with van der Waals surface area (Å²) in [4.78, 5) is 0. The standard InChI is InChI=1S/C21F43O6S3.Li/c22-2(23,4(26,27)10(38,39)16(50,51)52)3(24,25)7(32,33)13(44,45)19(59,60)71(65,66)1(72(67,68)20(61,62)14(46,47)8(34,35)5(28,29)11(40,41)17(53,54)55)73(69,70)21(63,64)15(48,49)9(36,37)6(30,31)12(42,43)18(56,57)58;/q-1;+1. The van der Waals surface area contributed by atoms with Crippen LogP contribution in [0.25, 0.3) is 0 Å². The zero-order chi connectivity index (χ0) is 61.1. The maximum absolute atomic E-state index is 14.9. The summed E-state index contributed by atoms with van der Waals surface area (Å²) in [5.41, 5.74) is 0. The number of alkyl halides is 43. The van der Waals surface area contributed by atoms with Crippen LogP contribution in [-0.2, 0) is 29.5 Å². The van der Waals surface area contributed by atoms with Crippen molar-refractivity contribution in [2.75, 3.05) is 0 Å². The van der Waals surface area contributed by atoms with Crippen LogP contribution in [0.5, 0.6) is 0 Å². The van der Waals surface area contributed by atoms with Gasteiger partial charge in [0.2, 0.25) is 0 Å². The molecule has 6 nitrogen and oxygen atoms in total. The van der Waals surface area contributed by atoms with Gasteiger partial charge < -0.3 is 0 Å². The van der Waals surface area contributed by atoms with E-state index in [1.165, 1.54) is 0 Å². The molecule has 0 heterocycles. The van der Waals surface area contributed by atoms with Crippen molar-refractivity contribution in [1.82, 2.24) is 0 Å². The fourth-order valence-electron chi connectivity index (χ4n) is 3.91. The molecule has 0 saturated carbocycles. The Morgan fingerprint density at radius 2 is 0.270 bits per heavy atom. The van der Waals surface area contributed by atoms with E-state index in [9.17, 15) is 214 Å². The summed E-state index contributed by atoms with van der Waals surface area (Å²) in [7, 11) is -36.3. The Balaban J connectivity index is 0. The molecule has 0 rings (SSSR count). The molecule has 0 aromatic carbocycles. The summed E-state index contributed by atoms with van der Waals surface area (Å²) in [6.07, 6.45) is -26.4. The van der Waals surface area contributed by atoms with Crippen molar-refractivity contribution in [2.24, 2.45) is 0 Å². The van der Waals surface area contributed by atoms with E-state index in [2.05, 4.69) is 0 Å². The van der Waals surface area contributed by atoms with Crippen molar-refractivity contribution in [2.45, 2.75) is 117 Å². The van der Waals surface area contributed by atoms with Crippen LogP contribution in [-0.4, -0.2) is 142 Å². The molecule has 0 fully saturated rings. The molecule has 0 unspecified atom stereocenters. The molecule has 0 bridgehead atoms. The van der Waals surface area contributed by atoms with E-state index in [0.717, 1.165) is 0 Å². The van der Waals surface area contributed by atoms with E-state index in [-0.39, 0.29) is 18.9 Å². The van der Waals surface area contributed by atoms with Crippen molar-refractivity contribution in [1.29, 1.82) is 0 Å². The van der Waals surface area contributed by atoms with E-state index in [1.807, 2.05) is 0 Å². The minimum absolute atomic E-state index is 0. The first kappa shape index (κ1) is 73.5. The van der Waals surface area contributed by atoms with E-state index >= 15 is 0 Å². The Morgan fingerprint density at radius 3 is 0.378 bits per heavy atom. The molecule has 53 heteroatoms. The minimum Gasteiger partial charge on any atom is -0.254 e. The molecule has 0 amide bonds. The topological polar surface area (TPSA) is 102 Å². The third-order valence-corrected chi connectivity index (χ3v) is 16.2. The van der Waals surface area contributed by atoms with Crippen LogP contribution in [0.1, 0.15) is 0 Å². The molecule has 440 valence electrons. The quantitative estimate of drug-likeness (QED) is 0.0686. The predicted octanol–water partition coefficient (Wildman–Crippen LogP) is 9.04. The van der Waals surface area contributed by atoms with Crippen LogP contribution >= 0.6 is 0 Å². The van der Waals surface area contributed by atoms with Gasteiger partial charge in [-0.3, -0.25) is 25.3 Å². The van der Waals surface area contributed by atoms with Crippen LogP contribution < -0.4 is 18.9 Å². The van der Waals surface area contributed by atoms with Gasteiger partial charge >= 0.3 is 136 Å². The third-order valence-electron chi connectivity index (χ3n) is 8.17. The molecular weight excluding hydrogens is 1270 g/mol. The van der Waals surface area contributed by atoms with Gasteiger partial charge in [-0.2, -0.15) is 189 Å². The zero-order valence-corrected chi connectivity index (χ0v) is 33.9. The monoisotopic (exact) mass is 1270 g/mol. The summed E-state index contributed by atoms with van der Waals surface area (Å²) >= 11 is 0. The molecule has 0 spiro atoms. The molecule has 0 aliphatic rings. The van der Waals surface area contributed by atoms with E-state index in [0.29, 0.717) is 0 Å². The normalized spacial score (nSPS) is 17.2. The van der Waals surface area contributed by atoms with Crippen molar-refractivity contribution < 1.29 is 233 Å². The second kappa shape index (κ2) is 17.7. The van der Waals surface area contributed by atoms with Crippen molar-refractivity contribution in [3.8, 4) is 0 Å². The summed E-state index contributed by atoms with van der Waals surface area (Å²) in [5, 5.41) is -32.4. The molecular formula is C21F43LiO6S3. The molecule has 0 aliphatic heterocycles. The van der Waals surface area contributed by atoms with E-state index in [1.54, 1.807) is 0 Å². The van der Waals surface area contributed by atoms with Crippen LogP contribution in [0.4, 0.5) is 189 Å². The smallest absolute Gasteiger partial charge is 0.254 e. The SMILES string of the molecule is O=S(=O)([C-](S(=O)(=O)C(F)(F)C(F)(F)C(F)(F)C(F)(F)C(F)(F)C(F)(F)F)S(=O)(=O)C(F)(F)C(F)(F)C(F)(F)C(F)(F)C(F)(F)C(F)(F)C(F)(F)C(F)(F)F)C(F)(F)C(F)(F)C(F)(F)C(F)(F)C(F)(F)C(F)(F)F.[Li+]. The third kappa shape index (κ3) is 8.51. The maximum Gasteiger partial charge on any atom is 1.00 e. The van der Waals surface area contributed by atoms with Gasteiger partial charge in [-0.25, -0.2) is 0 Å². The molecule has 0 atom stereocenters. The van der Waals surface area contributed by atoms with Gasteiger partial charge in [0.1, 0.15) is 29.5 Å². The van der Waals surface area contributed by atoms with Gasteiger partial charge in [-0.15, -0.1) is 0 Å². The Kier molecular flexibility index (Phi) is 17.6. The van der Waals surface area contributed by atoms with Gasteiger partial charge in [0, 0.05) is 0 Å². The van der Waals surface area contributed by atoms with Crippen LogP contribution in [0.2, 0.25) is 0 Å². The second-order valence-electron chi connectivity index (χ2n) is 12.8. The second-order valence-corrected chi connectivity index (χ2v) is 19.4. The summed E-state index contributed by atoms with van der Waals surface area (Å²) < 4.78 is 652. The summed E-state index contributed by atoms with van der Waals surface area (Å²) in [6.45, 7) is 0. The van der Waals surface area contributed by atoms with E-state index < -0.39 is 151 Å². The first-order valence-electron chi connectivity index (χ1n) is 14.6. The van der Waals surface area contributed by atoms with Crippen molar-refractivity contribution in [3.05, 3.63) is 3.91 Å². The van der Waals surface area contributed by atoms with Gasteiger partial charge in [-0.05, 0) is 0 Å². The van der Waals surface area contributed by atoms with Crippen molar-refractivity contribution >= 4 is 29.5 Å². The number of hydrogen-bond acceptors (Lipinski definition) is 6. The molecule has 0 aromatic rings. The largest absolute Gasteiger partial charge is 1.00 e. The number of halogens is 43. The number of rotatable bonds is 20. The van der Waals surface area contributed by atoms with Crippen LogP contribution in [0, 0.1) is 3.91 Å². The molecule has 74 heavy (non-hydrogen) atoms. The average Bonchev–Trinajstić information content (AvgIpc) is 3.11. The Morgan fingerprint density at radius 1 is 0.176 bits per heavy atom. The van der Waals surface area contributed by atoms with Gasteiger partial charge in [-0.1, -0.05) is 0 Å². The Hall–Kier alpha value is -2.56. The molecule has 0 radical (unpaired) electrons. The first-order chi connectivity index (χ1) is 30.4. The van der Waals surface area contributed by atoms with Crippen LogP contribution in [0.15, 0.2) is 0 Å². The zero-order valence-electron chi connectivity index (χ0n) is 31.4. The molecule has 0 N–H and O–H groups in total. The molecule has 0 aromatic heterocycles. The summed E-state index contributed by atoms with van der Waals surface area (Å²) in [5.74, 6) is -142. The van der Waals surface area contributed by atoms with E-state index in [4.69, 9.17) is 0 Å².